The molecule has 1 heterocycles. The van der Waals surface area contributed by atoms with Gasteiger partial charge >= 0.3 is 0 Å². The van der Waals surface area contributed by atoms with Crippen LogP contribution in [0.5, 0.6) is 17.2 Å². The van der Waals surface area contributed by atoms with Crippen LogP contribution in [0.15, 0.2) is 42.5 Å². The van der Waals surface area contributed by atoms with Crippen molar-refractivity contribution in [3.8, 4) is 17.2 Å². The van der Waals surface area contributed by atoms with E-state index < -0.39 is 34.1 Å². The van der Waals surface area contributed by atoms with E-state index in [1.807, 2.05) is 33.8 Å². The molecule has 0 aliphatic carbocycles. The van der Waals surface area contributed by atoms with Gasteiger partial charge in [0.2, 0.25) is 21.8 Å². The normalized spacial score (nSPS) is 13.8. The summed E-state index contributed by atoms with van der Waals surface area (Å²) >= 11 is 0. The van der Waals surface area contributed by atoms with Crippen LogP contribution in [0.1, 0.15) is 39.7 Å². The fourth-order valence-electron chi connectivity index (χ4n) is 4.14. The first-order chi connectivity index (χ1) is 17.8. The summed E-state index contributed by atoms with van der Waals surface area (Å²) in [6, 6.07) is 11.1. The molecule has 0 saturated heterocycles. The van der Waals surface area contributed by atoms with E-state index in [1.54, 1.807) is 43.5 Å². The summed E-state index contributed by atoms with van der Waals surface area (Å²) in [4.78, 5) is 28.5. The number of rotatable bonds is 10. The zero-order valence-electron chi connectivity index (χ0n) is 22.8. The molecule has 10 nitrogen and oxygen atoms in total. The van der Waals surface area contributed by atoms with E-state index in [9.17, 15) is 18.0 Å². The van der Waals surface area contributed by atoms with Crippen molar-refractivity contribution in [3.05, 3.63) is 48.0 Å². The van der Waals surface area contributed by atoms with Gasteiger partial charge in [-0.1, -0.05) is 19.1 Å². The van der Waals surface area contributed by atoms with Crippen LogP contribution >= 0.6 is 0 Å². The first-order valence-corrected chi connectivity index (χ1v) is 14.3. The van der Waals surface area contributed by atoms with Gasteiger partial charge in [0.05, 0.1) is 19.1 Å². The summed E-state index contributed by atoms with van der Waals surface area (Å²) in [5.41, 5.74) is 0.489. The fraction of sp³-hybridized carbons (Fsp3) is 0.481. The second-order valence-corrected chi connectivity index (χ2v) is 12.0. The SMILES string of the molecule is CC[C@@H](C(=O)NC(C)(C)C)N(Cc1cccc(OC)c1)C(=O)CN(c1ccc2c(c1)OCCO2)S(C)(=O)=O. The van der Waals surface area contributed by atoms with Crippen molar-refractivity contribution < 1.29 is 32.2 Å². The zero-order valence-corrected chi connectivity index (χ0v) is 23.6. The first kappa shape index (κ1) is 29.1. The minimum absolute atomic E-state index is 0.0881. The van der Waals surface area contributed by atoms with E-state index in [0.29, 0.717) is 36.9 Å². The van der Waals surface area contributed by atoms with Gasteiger partial charge < -0.3 is 24.4 Å². The number of hydrogen-bond acceptors (Lipinski definition) is 7. The molecule has 38 heavy (non-hydrogen) atoms. The minimum atomic E-state index is -3.87. The molecule has 3 rings (SSSR count). The van der Waals surface area contributed by atoms with Crippen LogP contribution in [0.2, 0.25) is 0 Å². The summed E-state index contributed by atoms with van der Waals surface area (Å²) in [6.45, 7) is 7.72. The summed E-state index contributed by atoms with van der Waals surface area (Å²) in [5.74, 6) is 0.671. The predicted octanol–water partition coefficient (Wildman–Crippen LogP) is 2.95. The van der Waals surface area contributed by atoms with Crippen LogP contribution in [0.25, 0.3) is 0 Å². The molecule has 0 fully saturated rings. The number of hydrogen-bond donors (Lipinski definition) is 1. The fourth-order valence-corrected chi connectivity index (χ4v) is 4.98. The van der Waals surface area contributed by atoms with Gasteiger partial charge in [0.25, 0.3) is 0 Å². The Morgan fingerprint density at radius 1 is 1.08 bits per heavy atom. The Bertz CT molecular complexity index is 1260. The molecule has 0 radical (unpaired) electrons. The molecule has 1 atom stereocenters. The molecule has 2 amide bonds. The number of nitrogens with zero attached hydrogens (tertiary/aromatic N) is 2. The van der Waals surface area contributed by atoms with Crippen molar-refractivity contribution >= 4 is 27.5 Å². The second kappa shape index (κ2) is 11.9. The number of benzene rings is 2. The van der Waals surface area contributed by atoms with Gasteiger partial charge in [-0.3, -0.25) is 13.9 Å². The van der Waals surface area contributed by atoms with Crippen molar-refractivity contribution in [2.45, 2.75) is 52.2 Å². The summed E-state index contributed by atoms with van der Waals surface area (Å²) in [5, 5.41) is 2.94. The van der Waals surface area contributed by atoms with Crippen LogP contribution in [0, 0.1) is 0 Å². The van der Waals surface area contributed by atoms with E-state index >= 15 is 0 Å². The molecule has 0 spiro atoms. The largest absolute Gasteiger partial charge is 0.497 e. The first-order valence-electron chi connectivity index (χ1n) is 12.4. The molecular formula is C27H37N3O7S. The highest BCUT2D eigenvalue weighted by atomic mass is 32.2. The lowest BCUT2D eigenvalue weighted by atomic mass is 10.1. The Hall–Kier alpha value is -3.47. The lowest BCUT2D eigenvalue weighted by molar-refractivity contribution is -0.141. The molecule has 208 valence electrons. The Morgan fingerprint density at radius 2 is 1.76 bits per heavy atom. The van der Waals surface area contributed by atoms with Crippen molar-refractivity contribution in [2.75, 3.05) is 37.4 Å². The summed E-state index contributed by atoms with van der Waals surface area (Å²) in [6.07, 6.45) is 1.37. The van der Waals surface area contributed by atoms with Gasteiger partial charge in [0.1, 0.15) is 31.5 Å². The van der Waals surface area contributed by atoms with Crippen LogP contribution in [-0.4, -0.2) is 69.8 Å². The standard InChI is InChI=1S/C27H37N3O7S/c1-7-22(26(32)28-27(2,3)4)29(17-19-9-8-10-21(15-19)35-5)25(31)18-30(38(6,33)34)20-11-12-23-24(16-20)37-14-13-36-23/h8-12,15-16,22H,7,13-14,17-18H2,1-6H3,(H,28,32)/t22-/m0/s1. The highest BCUT2D eigenvalue weighted by Gasteiger charge is 2.33. The number of amides is 2. The zero-order chi connectivity index (χ0) is 28.1. The van der Waals surface area contributed by atoms with Gasteiger partial charge in [0.15, 0.2) is 11.5 Å². The molecule has 2 aromatic rings. The Balaban J connectivity index is 1.98. The number of carbonyl (C=O) groups is 2. The van der Waals surface area contributed by atoms with Gasteiger partial charge in [-0.15, -0.1) is 0 Å². The molecule has 1 N–H and O–H groups in total. The van der Waals surface area contributed by atoms with Crippen molar-refractivity contribution in [2.24, 2.45) is 0 Å². The Kier molecular flexibility index (Phi) is 9.14. The van der Waals surface area contributed by atoms with Gasteiger partial charge in [0, 0.05) is 18.2 Å². The van der Waals surface area contributed by atoms with Gasteiger partial charge in [-0.25, -0.2) is 8.42 Å². The Morgan fingerprint density at radius 3 is 2.37 bits per heavy atom. The lowest BCUT2D eigenvalue weighted by Crippen LogP contribution is -2.55. The lowest BCUT2D eigenvalue weighted by Gasteiger charge is -2.34. The third-order valence-corrected chi connectivity index (χ3v) is 7.00. The third-order valence-electron chi connectivity index (χ3n) is 5.86. The van der Waals surface area contributed by atoms with Gasteiger partial charge in [-0.05, 0) is 57.0 Å². The summed E-state index contributed by atoms with van der Waals surface area (Å²) < 4.78 is 43.2. The minimum Gasteiger partial charge on any atom is -0.497 e. The maximum absolute atomic E-state index is 13.8. The summed E-state index contributed by atoms with van der Waals surface area (Å²) in [7, 11) is -2.32. The smallest absolute Gasteiger partial charge is 0.244 e. The molecule has 0 bridgehead atoms. The third kappa shape index (κ3) is 7.53. The van der Waals surface area contributed by atoms with Crippen LogP contribution in [0.4, 0.5) is 5.69 Å². The molecule has 1 aliphatic rings. The molecule has 0 aromatic heterocycles. The number of anilines is 1. The van der Waals surface area contributed by atoms with Crippen molar-refractivity contribution in [3.63, 3.8) is 0 Å². The molecule has 1 aliphatic heterocycles. The molecular weight excluding hydrogens is 510 g/mol. The number of fused-ring (bicyclic) bond motifs is 1. The topological polar surface area (TPSA) is 114 Å². The number of nitrogens with one attached hydrogen (secondary N) is 1. The highest BCUT2D eigenvalue weighted by Crippen LogP contribution is 2.34. The average Bonchev–Trinajstić information content (AvgIpc) is 2.85. The molecule has 2 aromatic carbocycles. The van der Waals surface area contributed by atoms with Crippen LogP contribution < -0.4 is 23.8 Å². The van der Waals surface area contributed by atoms with Crippen LogP contribution in [-0.2, 0) is 26.2 Å². The van der Waals surface area contributed by atoms with Crippen molar-refractivity contribution in [1.82, 2.24) is 10.2 Å². The average molecular weight is 548 g/mol. The van der Waals surface area contributed by atoms with Crippen LogP contribution in [0.3, 0.4) is 0 Å². The van der Waals surface area contributed by atoms with E-state index in [-0.39, 0.29) is 18.1 Å². The van der Waals surface area contributed by atoms with E-state index in [0.717, 1.165) is 16.1 Å². The van der Waals surface area contributed by atoms with E-state index in [2.05, 4.69) is 5.32 Å². The number of ether oxygens (including phenoxy) is 3. The Labute approximate surface area is 224 Å². The quantitative estimate of drug-likeness (QED) is 0.486. The molecule has 0 unspecified atom stereocenters. The second-order valence-electron chi connectivity index (χ2n) is 10.1. The molecule has 11 heteroatoms. The van der Waals surface area contributed by atoms with E-state index in [1.165, 1.54) is 4.90 Å². The number of sulfonamides is 1. The monoisotopic (exact) mass is 547 g/mol. The molecule has 0 saturated carbocycles. The number of methoxy groups -OCH3 is 1. The number of carbonyl (C=O) groups excluding carboxylic acids is 2. The van der Waals surface area contributed by atoms with E-state index in [4.69, 9.17) is 14.2 Å². The van der Waals surface area contributed by atoms with Crippen molar-refractivity contribution in [1.29, 1.82) is 0 Å². The van der Waals surface area contributed by atoms with Gasteiger partial charge in [-0.2, -0.15) is 0 Å². The predicted molar refractivity (Wildman–Crippen MR) is 145 cm³/mol. The maximum atomic E-state index is 13.8. The maximum Gasteiger partial charge on any atom is 0.244 e. The highest BCUT2D eigenvalue weighted by molar-refractivity contribution is 7.92.